The van der Waals surface area contributed by atoms with Crippen molar-refractivity contribution in [2.75, 3.05) is 24.6 Å². The summed E-state index contributed by atoms with van der Waals surface area (Å²) in [7, 11) is 0. The van der Waals surface area contributed by atoms with Gasteiger partial charge in [-0.15, -0.1) is 18.2 Å². The van der Waals surface area contributed by atoms with Crippen LogP contribution in [-0.4, -0.2) is 41.3 Å². The summed E-state index contributed by atoms with van der Waals surface area (Å²) in [6, 6.07) is 8.72. The van der Waals surface area contributed by atoms with Gasteiger partial charge in [-0.3, -0.25) is 9.59 Å². The molecule has 0 aromatic heterocycles. The van der Waals surface area contributed by atoms with Gasteiger partial charge >= 0.3 is 0 Å². The molecule has 0 bridgehead atoms. The van der Waals surface area contributed by atoms with E-state index in [-0.39, 0.29) is 18.4 Å². The van der Waals surface area contributed by atoms with Crippen molar-refractivity contribution < 1.29 is 9.59 Å². The van der Waals surface area contributed by atoms with E-state index in [1.807, 2.05) is 30.3 Å². The Morgan fingerprint density at radius 1 is 1.35 bits per heavy atom. The van der Waals surface area contributed by atoms with Crippen LogP contribution in [0.5, 0.6) is 0 Å². The smallest absolute Gasteiger partial charge is 0.250 e. The summed E-state index contributed by atoms with van der Waals surface area (Å²) < 4.78 is 0. The zero-order valence-corrected chi connectivity index (χ0v) is 11.9. The average Bonchev–Trinajstić information content (AvgIpc) is 2.47. The van der Waals surface area contributed by atoms with Gasteiger partial charge < -0.3 is 10.2 Å². The number of hydrogen-bond acceptors (Lipinski definition) is 3. The minimum atomic E-state index is -0.574. The van der Waals surface area contributed by atoms with Gasteiger partial charge in [-0.05, 0) is 5.56 Å². The van der Waals surface area contributed by atoms with Crippen LogP contribution in [0, 0.1) is 12.3 Å². The van der Waals surface area contributed by atoms with Gasteiger partial charge in [-0.2, -0.15) is 0 Å². The molecule has 1 aromatic carbocycles. The lowest BCUT2D eigenvalue weighted by Gasteiger charge is -2.32. The number of carbonyl (C=O) groups is 2. The maximum atomic E-state index is 12.4. The lowest BCUT2D eigenvalue weighted by atomic mass is 10.0. The zero-order chi connectivity index (χ0) is 14.4. The molecule has 104 valence electrons. The summed E-state index contributed by atoms with van der Waals surface area (Å²) in [6.45, 7) is 0.667. The van der Waals surface area contributed by atoms with Crippen molar-refractivity contribution in [3.63, 3.8) is 0 Å². The van der Waals surface area contributed by atoms with E-state index in [9.17, 15) is 9.59 Å². The fraction of sp³-hybridized carbons (Fsp3) is 0.333. The maximum absolute atomic E-state index is 12.4. The van der Waals surface area contributed by atoms with E-state index < -0.39 is 6.04 Å². The first-order chi connectivity index (χ1) is 9.72. The molecular formula is C15H16N2O2S. The molecule has 0 radical (unpaired) electrons. The number of nitrogens with zero attached hydrogens (tertiary/aromatic N) is 1. The van der Waals surface area contributed by atoms with E-state index in [2.05, 4.69) is 11.2 Å². The van der Waals surface area contributed by atoms with Crippen LogP contribution in [0.25, 0.3) is 0 Å². The van der Waals surface area contributed by atoms with Crippen molar-refractivity contribution >= 4 is 23.6 Å². The van der Waals surface area contributed by atoms with E-state index in [4.69, 9.17) is 6.42 Å². The molecule has 2 rings (SSSR count). The topological polar surface area (TPSA) is 49.4 Å². The molecule has 0 saturated carbocycles. The highest BCUT2D eigenvalue weighted by Crippen LogP contribution is 2.19. The highest BCUT2D eigenvalue weighted by Gasteiger charge is 2.33. The van der Waals surface area contributed by atoms with Crippen molar-refractivity contribution in [3.05, 3.63) is 35.9 Å². The molecule has 1 saturated heterocycles. The number of benzene rings is 1. The molecule has 1 atom stereocenters. The summed E-state index contributed by atoms with van der Waals surface area (Å²) in [6.07, 6.45) is 5.18. The molecule has 1 fully saturated rings. The minimum absolute atomic E-state index is 0.0582. The van der Waals surface area contributed by atoms with E-state index in [0.717, 1.165) is 11.3 Å². The molecule has 4 nitrogen and oxygen atoms in total. The normalized spacial score (nSPS) is 18.6. The Morgan fingerprint density at radius 3 is 2.80 bits per heavy atom. The molecule has 1 heterocycles. The third-order valence-corrected chi connectivity index (χ3v) is 3.86. The van der Waals surface area contributed by atoms with Crippen LogP contribution in [0.3, 0.4) is 0 Å². The number of thioether (sulfide) groups is 1. The average molecular weight is 288 g/mol. The summed E-state index contributed by atoms with van der Waals surface area (Å²) in [5, 5.41) is 2.74. The number of terminal acetylenes is 1. The third-order valence-electron chi connectivity index (χ3n) is 3.02. The third kappa shape index (κ3) is 3.55. The number of carbonyl (C=O) groups excluding carboxylic acids is 2. The van der Waals surface area contributed by atoms with E-state index >= 15 is 0 Å². The van der Waals surface area contributed by atoms with Crippen LogP contribution in [0.2, 0.25) is 0 Å². The SMILES string of the molecule is C#CCSCCN1CC(=O)NC(c2ccccc2)C1=O. The van der Waals surface area contributed by atoms with E-state index in [0.29, 0.717) is 12.3 Å². The lowest BCUT2D eigenvalue weighted by molar-refractivity contribution is -0.144. The molecule has 20 heavy (non-hydrogen) atoms. The van der Waals surface area contributed by atoms with Crippen LogP contribution in [-0.2, 0) is 9.59 Å². The molecule has 2 amide bonds. The molecule has 0 aliphatic carbocycles. The number of nitrogens with one attached hydrogen (secondary N) is 1. The van der Waals surface area contributed by atoms with Crippen LogP contribution in [0.4, 0.5) is 0 Å². The highest BCUT2D eigenvalue weighted by molar-refractivity contribution is 7.99. The molecule has 1 aliphatic rings. The molecule has 1 aliphatic heterocycles. The van der Waals surface area contributed by atoms with Gasteiger partial charge in [0, 0.05) is 12.3 Å². The lowest BCUT2D eigenvalue weighted by Crippen LogP contribution is -2.53. The number of amides is 2. The van der Waals surface area contributed by atoms with Crippen molar-refractivity contribution in [3.8, 4) is 12.3 Å². The summed E-state index contributed by atoms with van der Waals surface area (Å²) in [5.41, 5.74) is 0.812. The molecule has 5 heteroatoms. The summed E-state index contributed by atoms with van der Waals surface area (Å²) in [4.78, 5) is 25.7. The Kier molecular flexibility index (Phi) is 5.08. The number of hydrogen-bond donors (Lipinski definition) is 1. The van der Waals surface area contributed by atoms with Crippen LogP contribution in [0.1, 0.15) is 11.6 Å². The van der Waals surface area contributed by atoms with Gasteiger partial charge in [-0.25, -0.2) is 0 Å². The monoisotopic (exact) mass is 288 g/mol. The first-order valence-corrected chi connectivity index (χ1v) is 7.52. The van der Waals surface area contributed by atoms with Gasteiger partial charge in [0.05, 0.1) is 12.3 Å². The predicted molar refractivity (Wildman–Crippen MR) is 80.1 cm³/mol. The van der Waals surface area contributed by atoms with E-state index in [1.165, 1.54) is 0 Å². The summed E-state index contributed by atoms with van der Waals surface area (Å²) in [5.74, 6) is 3.72. The van der Waals surface area contributed by atoms with Crippen molar-refractivity contribution in [1.82, 2.24) is 10.2 Å². The van der Waals surface area contributed by atoms with Gasteiger partial charge in [0.15, 0.2) is 0 Å². The Bertz CT molecular complexity index is 524. The van der Waals surface area contributed by atoms with Gasteiger partial charge in [0.2, 0.25) is 11.8 Å². The largest absolute Gasteiger partial charge is 0.339 e. The Hall–Kier alpha value is -1.93. The van der Waals surface area contributed by atoms with Crippen molar-refractivity contribution in [2.45, 2.75) is 6.04 Å². The zero-order valence-electron chi connectivity index (χ0n) is 11.0. The summed E-state index contributed by atoms with van der Waals surface area (Å²) >= 11 is 1.59. The Balaban J connectivity index is 2.02. The quantitative estimate of drug-likeness (QED) is 0.651. The van der Waals surface area contributed by atoms with E-state index in [1.54, 1.807) is 16.7 Å². The van der Waals surface area contributed by atoms with Crippen LogP contribution >= 0.6 is 11.8 Å². The standard InChI is InChI=1S/C15H16N2O2S/c1-2-9-20-10-8-17-11-13(18)16-14(15(17)19)12-6-4-3-5-7-12/h1,3-7,14H,8-11H2,(H,16,18). The number of rotatable bonds is 5. The fourth-order valence-electron chi connectivity index (χ4n) is 2.07. The molecule has 1 aromatic rings. The fourth-order valence-corrected chi connectivity index (χ4v) is 2.68. The van der Waals surface area contributed by atoms with Crippen LogP contribution < -0.4 is 5.32 Å². The second-order valence-electron chi connectivity index (χ2n) is 4.43. The van der Waals surface area contributed by atoms with Gasteiger partial charge in [0.25, 0.3) is 0 Å². The first-order valence-electron chi connectivity index (χ1n) is 6.36. The highest BCUT2D eigenvalue weighted by atomic mass is 32.2. The maximum Gasteiger partial charge on any atom is 0.250 e. The Labute approximate surface area is 122 Å². The minimum Gasteiger partial charge on any atom is -0.339 e. The molecule has 1 N–H and O–H groups in total. The first kappa shape index (κ1) is 14.5. The molecule has 1 unspecified atom stereocenters. The Morgan fingerprint density at radius 2 is 2.10 bits per heavy atom. The predicted octanol–water partition coefficient (Wildman–Crippen LogP) is 1.05. The number of piperazine rings is 1. The van der Waals surface area contributed by atoms with Crippen molar-refractivity contribution in [2.24, 2.45) is 0 Å². The molecule has 0 spiro atoms. The van der Waals surface area contributed by atoms with Crippen molar-refractivity contribution in [1.29, 1.82) is 0 Å². The van der Waals surface area contributed by atoms with Gasteiger partial charge in [-0.1, -0.05) is 36.3 Å². The molecular weight excluding hydrogens is 272 g/mol. The van der Waals surface area contributed by atoms with Gasteiger partial charge in [0.1, 0.15) is 6.04 Å². The second kappa shape index (κ2) is 7.01. The second-order valence-corrected chi connectivity index (χ2v) is 5.53. The van der Waals surface area contributed by atoms with Crippen LogP contribution in [0.15, 0.2) is 30.3 Å².